The minimum Gasteiger partial charge on any atom is -0.507 e. The lowest BCUT2D eigenvalue weighted by atomic mass is 10.1. The Morgan fingerprint density at radius 2 is 1.74 bits per heavy atom. The van der Waals surface area contributed by atoms with Gasteiger partial charge in [0.15, 0.2) is 0 Å². The smallest absolute Gasteiger partial charge is 0.347 e. The third-order valence-electron chi connectivity index (χ3n) is 3.05. The van der Waals surface area contributed by atoms with Gasteiger partial charge in [0.2, 0.25) is 0 Å². The minimum absolute atomic E-state index is 0.0907. The fourth-order valence-corrected chi connectivity index (χ4v) is 1.94. The highest BCUT2D eigenvalue weighted by atomic mass is 16.5. The molecule has 7 heteroatoms. The highest BCUT2D eigenvalue weighted by Gasteiger charge is 2.21. The normalized spacial score (nSPS) is 10.0. The Morgan fingerprint density at radius 3 is 2.35 bits per heavy atom. The SMILES string of the molecule is COc1ccc(C(=O)Oc2cccc(O)c2C(=O)O)c(OC)c1. The Bertz CT molecular complexity index is 752. The molecule has 2 rings (SSSR count). The van der Waals surface area contributed by atoms with E-state index in [4.69, 9.17) is 19.3 Å². The lowest BCUT2D eigenvalue weighted by Crippen LogP contribution is -2.13. The van der Waals surface area contributed by atoms with Gasteiger partial charge in [0.25, 0.3) is 0 Å². The van der Waals surface area contributed by atoms with Gasteiger partial charge in [-0.3, -0.25) is 0 Å². The van der Waals surface area contributed by atoms with Crippen molar-refractivity contribution in [2.24, 2.45) is 0 Å². The molecule has 120 valence electrons. The number of methoxy groups -OCH3 is 2. The van der Waals surface area contributed by atoms with Gasteiger partial charge in [0, 0.05) is 6.07 Å². The van der Waals surface area contributed by atoms with Crippen LogP contribution >= 0.6 is 0 Å². The molecule has 2 N–H and O–H groups in total. The van der Waals surface area contributed by atoms with E-state index >= 15 is 0 Å². The molecular formula is C16H14O7. The maximum atomic E-state index is 12.3. The Morgan fingerprint density at radius 1 is 1.00 bits per heavy atom. The monoisotopic (exact) mass is 318 g/mol. The molecule has 2 aromatic carbocycles. The molecule has 0 aliphatic rings. The Kier molecular flexibility index (Phi) is 4.70. The lowest BCUT2D eigenvalue weighted by Gasteiger charge is -2.11. The van der Waals surface area contributed by atoms with Crippen molar-refractivity contribution in [3.8, 4) is 23.0 Å². The minimum atomic E-state index is -1.41. The molecule has 0 radical (unpaired) electrons. The summed E-state index contributed by atoms with van der Waals surface area (Å²) in [7, 11) is 2.85. The highest BCUT2D eigenvalue weighted by molar-refractivity contribution is 5.98. The average molecular weight is 318 g/mol. The van der Waals surface area contributed by atoms with Crippen LogP contribution in [0.5, 0.6) is 23.0 Å². The predicted molar refractivity (Wildman–Crippen MR) is 79.6 cm³/mol. The van der Waals surface area contributed by atoms with Gasteiger partial charge in [-0.15, -0.1) is 0 Å². The van der Waals surface area contributed by atoms with Gasteiger partial charge in [-0.05, 0) is 24.3 Å². The van der Waals surface area contributed by atoms with Gasteiger partial charge >= 0.3 is 11.9 Å². The number of carbonyl (C=O) groups is 2. The van der Waals surface area contributed by atoms with Crippen LogP contribution in [0.2, 0.25) is 0 Å². The number of phenols is 1. The molecule has 2 aromatic rings. The fraction of sp³-hybridized carbons (Fsp3) is 0.125. The van der Waals surface area contributed by atoms with E-state index in [1.807, 2.05) is 0 Å². The molecule has 0 bridgehead atoms. The van der Waals surface area contributed by atoms with Gasteiger partial charge in [-0.2, -0.15) is 0 Å². The van der Waals surface area contributed by atoms with E-state index in [0.29, 0.717) is 5.75 Å². The second-order valence-corrected chi connectivity index (χ2v) is 4.41. The van der Waals surface area contributed by atoms with Gasteiger partial charge in [0.05, 0.1) is 14.2 Å². The van der Waals surface area contributed by atoms with Crippen LogP contribution in [0.15, 0.2) is 36.4 Å². The summed E-state index contributed by atoms with van der Waals surface area (Å²) >= 11 is 0. The third-order valence-corrected chi connectivity index (χ3v) is 3.05. The van der Waals surface area contributed by atoms with Crippen molar-refractivity contribution in [1.82, 2.24) is 0 Å². The summed E-state index contributed by atoms with van der Waals surface area (Å²) < 4.78 is 15.2. The van der Waals surface area contributed by atoms with Crippen LogP contribution in [0.25, 0.3) is 0 Å². The first-order chi connectivity index (χ1) is 11.0. The van der Waals surface area contributed by atoms with Crippen LogP contribution in [0.3, 0.4) is 0 Å². The van der Waals surface area contributed by atoms with Crippen LogP contribution in [0, 0.1) is 0 Å². The summed E-state index contributed by atoms with van der Waals surface area (Å²) in [5, 5.41) is 18.7. The van der Waals surface area contributed by atoms with Gasteiger partial charge in [-0.25, -0.2) is 9.59 Å². The number of rotatable bonds is 5. The van der Waals surface area contributed by atoms with Crippen molar-refractivity contribution >= 4 is 11.9 Å². The Labute approximate surface area is 131 Å². The van der Waals surface area contributed by atoms with Crippen LogP contribution in [0.1, 0.15) is 20.7 Å². The summed E-state index contributed by atoms with van der Waals surface area (Å²) in [6, 6.07) is 8.31. The number of aromatic hydroxyl groups is 1. The van der Waals surface area contributed by atoms with Crippen LogP contribution in [-0.4, -0.2) is 36.4 Å². The average Bonchev–Trinajstić information content (AvgIpc) is 2.53. The standard InChI is InChI=1S/C16H14O7/c1-21-9-6-7-10(13(8-9)22-2)16(20)23-12-5-3-4-11(17)14(12)15(18)19/h3-8,17H,1-2H3,(H,18,19). The number of hydrogen-bond acceptors (Lipinski definition) is 6. The zero-order chi connectivity index (χ0) is 17.0. The second kappa shape index (κ2) is 6.69. The molecule has 7 nitrogen and oxygen atoms in total. The Hall–Kier alpha value is -3.22. The molecule has 0 fully saturated rings. The summed E-state index contributed by atoms with van der Waals surface area (Å²) in [6.07, 6.45) is 0. The molecule has 0 aliphatic carbocycles. The summed E-state index contributed by atoms with van der Waals surface area (Å²) in [5.41, 5.74) is -0.402. The van der Waals surface area contributed by atoms with E-state index in [1.54, 1.807) is 6.07 Å². The summed E-state index contributed by atoms with van der Waals surface area (Å²) in [5.74, 6) is -2.29. The van der Waals surface area contributed by atoms with Crippen molar-refractivity contribution in [2.45, 2.75) is 0 Å². The highest BCUT2D eigenvalue weighted by Crippen LogP contribution is 2.30. The van der Waals surface area contributed by atoms with Crippen LogP contribution in [0.4, 0.5) is 0 Å². The topological polar surface area (TPSA) is 102 Å². The number of ether oxygens (including phenoxy) is 3. The van der Waals surface area contributed by atoms with E-state index < -0.39 is 23.3 Å². The predicted octanol–water partition coefficient (Wildman–Crippen LogP) is 2.33. The molecule has 0 aliphatic heterocycles. The fourth-order valence-electron chi connectivity index (χ4n) is 1.94. The molecule has 23 heavy (non-hydrogen) atoms. The molecule has 0 aromatic heterocycles. The quantitative estimate of drug-likeness (QED) is 0.644. The number of hydrogen-bond donors (Lipinski definition) is 2. The lowest BCUT2D eigenvalue weighted by molar-refractivity contribution is 0.0677. The molecule has 0 heterocycles. The maximum Gasteiger partial charge on any atom is 0.347 e. The van der Waals surface area contributed by atoms with E-state index in [1.165, 1.54) is 44.6 Å². The number of carboxylic acids is 1. The molecular weight excluding hydrogens is 304 g/mol. The van der Waals surface area contributed by atoms with Gasteiger partial charge < -0.3 is 24.4 Å². The molecule has 0 saturated carbocycles. The van der Waals surface area contributed by atoms with Crippen molar-refractivity contribution in [3.63, 3.8) is 0 Å². The maximum absolute atomic E-state index is 12.3. The molecule has 0 amide bonds. The van der Waals surface area contributed by atoms with E-state index in [2.05, 4.69) is 0 Å². The van der Waals surface area contributed by atoms with Crippen molar-refractivity contribution in [3.05, 3.63) is 47.5 Å². The van der Waals surface area contributed by atoms with Gasteiger partial charge in [0.1, 0.15) is 34.1 Å². The molecule has 0 saturated heterocycles. The first kappa shape index (κ1) is 16.2. The van der Waals surface area contributed by atoms with Crippen molar-refractivity contribution < 1.29 is 34.0 Å². The number of esters is 1. The largest absolute Gasteiger partial charge is 0.507 e. The molecule has 0 atom stereocenters. The van der Waals surface area contributed by atoms with E-state index in [9.17, 15) is 14.7 Å². The first-order valence-corrected chi connectivity index (χ1v) is 6.47. The molecule has 0 spiro atoms. The first-order valence-electron chi connectivity index (χ1n) is 6.47. The zero-order valence-electron chi connectivity index (χ0n) is 12.4. The number of aromatic carboxylic acids is 1. The summed E-state index contributed by atoms with van der Waals surface area (Å²) in [6.45, 7) is 0. The summed E-state index contributed by atoms with van der Waals surface area (Å²) in [4.78, 5) is 23.4. The third kappa shape index (κ3) is 3.34. The van der Waals surface area contributed by atoms with E-state index in [0.717, 1.165) is 0 Å². The zero-order valence-corrected chi connectivity index (χ0v) is 12.4. The molecule has 0 unspecified atom stereocenters. The van der Waals surface area contributed by atoms with Crippen LogP contribution < -0.4 is 14.2 Å². The van der Waals surface area contributed by atoms with E-state index in [-0.39, 0.29) is 17.1 Å². The second-order valence-electron chi connectivity index (χ2n) is 4.41. The number of carbonyl (C=O) groups excluding carboxylic acids is 1. The van der Waals surface area contributed by atoms with Crippen LogP contribution in [-0.2, 0) is 0 Å². The number of carboxylic acid groups (broad SMARTS) is 1. The van der Waals surface area contributed by atoms with Crippen molar-refractivity contribution in [1.29, 1.82) is 0 Å². The van der Waals surface area contributed by atoms with Gasteiger partial charge in [-0.1, -0.05) is 6.07 Å². The van der Waals surface area contributed by atoms with Crippen molar-refractivity contribution in [2.75, 3.05) is 14.2 Å². The number of benzene rings is 2. The Balaban J connectivity index is 2.37.